The Morgan fingerprint density at radius 2 is 2.30 bits per heavy atom. The molecule has 1 aliphatic rings. The molecule has 3 N–H and O–H groups in total. The van der Waals surface area contributed by atoms with Crippen molar-refractivity contribution in [2.24, 2.45) is 11.7 Å². The smallest absolute Gasteiger partial charge is 0.224 e. The van der Waals surface area contributed by atoms with E-state index in [0.717, 1.165) is 42.3 Å². The summed E-state index contributed by atoms with van der Waals surface area (Å²) in [5.74, 6) is 0.623. The first-order valence-electron chi connectivity index (χ1n) is 8.39. The summed E-state index contributed by atoms with van der Waals surface area (Å²) in [6.07, 6.45) is 4.57. The van der Waals surface area contributed by atoms with Crippen LogP contribution in [0.2, 0.25) is 0 Å². The lowest BCUT2D eigenvalue weighted by molar-refractivity contribution is -0.128. The van der Waals surface area contributed by atoms with Crippen LogP contribution in [-0.2, 0) is 11.2 Å². The predicted molar refractivity (Wildman–Crippen MR) is 90.0 cm³/mol. The van der Waals surface area contributed by atoms with Crippen LogP contribution in [0.25, 0.3) is 11.1 Å². The van der Waals surface area contributed by atoms with Gasteiger partial charge in [-0.1, -0.05) is 25.0 Å². The van der Waals surface area contributed by atoms with Gasteiger partial charge in [0.05, 0.1) is 5.92 Å². The Labute approximate surface area is 136 Å². The average Bonchev–Trinajstić information content (AvgIpc) is 2.91. The fourth-order valence-electron chi connectivity index (χ4n) is 3.44. The molecule has 3 rings (SSSR count). The number of hydrogen-bond donors (Lipinski definition) is 2. The lowest BCUT2D eigenvalue weighted by Crippen LogP contribution is -2.53. The molecule has 1 amide bonds. The highest BCUT2D eigenvalue weighted by Gasteiger charge is 2.37. The standard InChI is InChI=1S/C18H25N3O2/c1-12-6-5-8-14-16(12)21-15(23-14)9-11-20-17(22)13-7-3-4-10-18(13,2)19/h5-6,8,13H,3-4,7,9-11,19H2,1-2H3,(H,20,22). The Balaban J connectivity index is 1.58. The van der Waals surface area contributed by atoms with Crippen LogP contribution in [-0.4, -0.2) is 23.0 Å². The summed E-state index contributed by atoms with van der Waals surface area (Å²) in [5, 5.41) is 3.00. The largest absolute Gasteiger partial charge is 0.441 e. The third-order valence-electron chi connectivity index (χ3n) is 4.87. The number of carbonyl (C=O) groups is 1. The molecule has 2 atom stereocenters. The molecule has 23 heavy (non-hydrogen) atoms. The first-order valence-corrected chi connectivity index (χ1v) is 8.39. The van der Waals surface area contributed by atoms with Gasteiger partial charge in [0, 0.05) is 18.5 Å². The molecule has 5 heteroatoms. The number of nitrogens with zero attached hydrogens (tertiary/aromatic N) is 1. The van der Waals surface area contributed by atoms with Gasteiger partial charge in [0.15, 0.2) is 11.5 Å². The minimum Gasteiger partial charge on any atom is -0.441 e. The number of nitrogens with one attached hydrogen (secondary N) is 1. The van der Waals surface area contributed by atoms with Crippen molar-refractivity contribution in [2.75, 3.05) is 6.54 Å². The van der Waals surface area contributed by atoms with E-state index in [0.29, 0.717) is 18.9 Å². The van der Waals surface area contributed by atoms with Gasteiger partial charge >= 0.3 is 0 Å². The van der Waals surface area contributed by atoms with Crippen LogP contribution in [0, 0.1) is 12.8 Å². The number of oxazole rings is 1. The number of hydrogen-bond acceptors (Lipinski definition) is 4. The Bertz CT molecular complexity index is 705. The fraction of sp³-hybridized carbons (Fsp3) is 0.556. The molecule has 5 nitrogen and oxygen atoms in total. The number of carbonyl (C=O) groups excluding carboxylic acids is 1. The molecule has 0 aliphatic heterocycles. The van der Waals surface area contributed by atoms with Crippen LogP contribution in [0.5, 0.6) is 0 Å². The van der Waals surface area contributed by atoms with Crippen molar-refractivity contribution in [1.82, 2.24) is 10.3 Å². The Kier molecular flexibility index (Phi) is 4.39. The Morgan fingerprint density at radius 3 is 3.04 bits per heavy atom. The summed E-state index contributed by atoms with van der Waals surface area (Å²) in [6.45, 7) is 4.53. The average molecular weight is 315 g/mol. The third-order valence-corrected chi connectivity index (χ3v) is 4.87. The lowest BCUT2D eigenvalue weighted by atomic mass is 9.74. The van der Waals surface area contributed by atoms with E-state index in [2.05, 4.69) is 10.3 Å². The van der Waals surface area contributed by atoms with Crippen molar-refractivity contribution < 1.29 is 9.21 Å². The number of aromatic nitrogens is 1. The number of rotatable bonds is 4. The van der Waals surface area contributed by atoms with E-state index < -0.39 is 5.54 Å². The van der Waals surface area contributed by atoms with Crippen molar-refractivity contribution in [2.45, 2.75) is 51.5 Å². The number of nitrogens with two attached hydrogens (primary N) is 1. The zero-order chi connectivity index (χ0) is 16.4. The van der Waals surface area contributed by atoms with E-state index in [1.807, 2.05) is 32.0 Å². The van der Waals surface area contributed by atoms with E-state index >= 15 is 0 Å². The van der Waals surface area contributed by atoms with Gasteiger partial charge in [-0.15, -0.1) is 0 Å². The molecule has 1 aromatic heterocycles. The van der Waals surface area contributed by atoms with Gasteiger partial charge in [-0.05, 0) is 38.3 Å². The van der Waals surface area contributed by atoms with Crippen molar-refractivity contribution in [1.29, 1.82) is 0 Å². The van der Waals surface area contributed by atoms with Crippen molar-refractivity contribution in [3.8, 4) is 0 Å². The molecule has 0 bridgehead atoms. The number of benzene rings is 1. The van der Waals surface area contributed by atoms with Gasteiger partial charge in [-0.2, -0.15) is 0 Å². The zero-order valence-corrected chi connectivity index (χ0v) is 13.9. The number of aryl methyl sites for hydroxylation is 1. The maximum Gasteiger partial charge on any atom is 0.224 e. The second-order valence-electron chi connectivity index (χ2n) is 6.87. The number of fused-ring (bicyclic) bond motifs is 1. The molecule has 0 saturated heterocycles. The number of para-hydroxylation sites is 1. The second-order valence-corrected chi connectivity index (χ2v) is 6.87. The fourth-order valence-corrected chi connectivity index (χ4v) is 3.44. The van der Waals surface area contributed by atoms with E-state index in [4.69, 9.17) is 10.2 Å². The van der Waals surface area contributed by atoms with Gasteiger partial charge in [-0.3, -0.25) is 4.79 Å². The molecule has 1 fully saturated rings. The zero-order valence-electron chi connectivity index (χ0n) is 13.9. The predicted octanol–water partition coefficient (Wildman–Crippen LogP) is 2.70. The molecule has 2 unspecified atom stereocenters. The highest BCUT2D eigenvalue weighted by molar-refractivity contribution is 5.80. The van der Waals surface area contributed by atoms with Gasteiger partial charge in [-0.25, -0.2) is 4.98 Å². The van der Waals surface area contributed by atoms with E-state index in [1.165, 1.54) is 0 Å². The summed E-state index contributed by atoms with van der Waals surface area (Å²) >= 11 is 0. The highest BCUT2D eigenvalue weighted by Crippen LogP contribution is 2.31. The Morgan fingerprint density at radius 1 is 1.48 bits per heavy atom. The lowest BCUT2D eigenvalue weighted by Gasteiger charge is -2.37. The van der Waals surface area contributed by atoms with E-state index in [-0.39, 0.29) is 11.8 Å². The highest BCUT2D eigenvalue weighted by atomic mass is 16.3. The minimum atomic E-state index is -0.392. The van der Waals surface area contributed by atoms with Gasteiger partial charge in [0.1, 0.15) is 5.52 Å². The van der Waals surface area contributed by atoms with E-state index in [9.17, 15) is 4.79 Å². The normalized spacial score (nSPS) is 24.7. The van der Waals surface area contributed by atoms with Crippen molar-refractivity contribution in [3.63, 3.8) is 0 Å². The SMILES string of the molecule is Cc1cccc2oc(CCNC(=O)C3CCCCC3(C)N)nc12. The summed E-state index contributed by atoms with van der Waals surface area (Å²) in [4.78, 5) is 16.9. The first-order chi connectivity index (χ1) is 11.0. The molecule has 1 aliphatic carbocycles. The minimum absolute atomic E-state index is 0.0574. The van der Waals surface area contributed by atoms with Crippen LogP contribution in [0.15, 0.2) is 22.6 Å². The van der Waals surface area contributed by atoms with Crippen molar-refractivity contribution in [3.05, 3.63) is 29.7 Å². The molecular weight excluding hydrogens is 290 g/mol. The number of amides is 1. The molecule has 1 heterocycles. The van der Waals surface area contributed by atoms with Crippen LogP contribution in [0.1, 0.15) is 44.1 Å². The molecular formula is C18H25N3O2. The topological polar surface area (TPSA) is 81.2 Å². The molecule has 1 saturated carbocycles. The summed E-state index contributed by atoms with van der Waals surface area (Å²) in [6, 6.07) is 5.89. The summed E-state index contributed by atoms with van der Waals surface area (Å²) < 4.78 is 5.73. The monoisotopic (exact) mass is 315 g/mol. The maximum atomic E-state index is 12.4. The molecule has 0 spiro atoms. The third kappa shape index (κ3) is 3.39. The van der Waals surface area contributed by atoms with Crippen LogP contribution >= 0.6 is 0 Å². The van der Waals surface area contributed by atoms with Gasteiger partial charge < -0.3 is 15.5 Å². The van der Waals surface area contributed by atoms with Gasteiger partial charge in [0.2, 0.25) is 5.91 Å². The first kappa shape index (κ1) is 16.0. The summed E-state index contributed by atoms with van der Waals surface area (Å²) in [7, 11) is 0. The quantitative estimate of drug-likeness (QED) is 0.909. The van der Waals surface area contributed by atoms with Crippen LogP contribution in [0.3, 0.4) is 0 Å². The van der Waals surface area contributed by atoms with Crippen molar-refractivity contribution >= 4 is 17.0 Å². The second kappa shape index (κ2) is 6.32. The Hall–Kier alpha value is -1.88. The molecule has 1 aromatic carbocycles. The van der Waals surface area contributed by atoms with Crippen LogP contribution in [0.4, 0.5) is 0 Å². The molecule has 2 aromatic rings. The van der Waals surface area contributed by atoms with E-state index in [1.54, 1.807) is 0 Å². The molecule has 124 valence electrons. The van der Waals surface area contributed by atoms with Crippen LogP contribution < -0.4 is 11.1 Å². The van der Waals surface area contributed by atoms with Gasteiger partial charge in [0.25, 0.3) is 0 Å². The summed E-state index contributed by atoms with van der Waals surface area (Å²) in [5.41, 5.74) is 8.69. The molecule has 0 radical (unpaired) electrons. The maximum absolute atomic E-state index is 12.4.